The quantitative estimate of drug-likeness (QED) is 0.687. The third-order valence-electron chi connectivity index (χ3n) is 3.54. The molecule has 26 heavy (non-hydrogen) atoms. The minimum absolute atomic E-state index is 0.134. The molecular formula is C18H18F3N3O2. The van der Waals surface area contributed by atoms with Crippen LogP contribution in [0.1, 0.15) is 30.5 Å². The number of carbonyl (C=O) groups is 2. The number of carbonyl (C=O) groups excluding carboxylic acids is 2. The predicted molar refractivity (Wildman–Crippen MR) is 90.8 cm³/mol. The van der Waals surface area contributed by atoms with Gasteiger partial charge in [0.2, 0.25) is 11.8 Å². The number of hydrogen-bond acceptors (Lipinski definition) is 3. The van der Waals surface area contributed by atoms with Crippen molar-refractivity contribution in [2.75, 3.05) is 5.43 Å². The number of anilines is 1. The molecule has 2 rings (SSSR count). The summed E-state index contributed by atoms with van der Waals surface area (Å²) in [6, 6.07) is 13.0. The highest BCUT2D eigenvalue weighted by molar-refractivity contribution is 5.80. The molecule has 0 aromatic heterocycles. The second-order valence-electron chi connectivity index (χ2n) is 5.58. The molecule has 0 bridgehead atoms. The first-order valence-electron chi connectivity index (χ1n) is 7.80. The van der Waals surface area contributed by atoms with Crippen molar-refractivity contribution in [1.82, 2.24) is 10.7 Å². The van der Waals surface area contributed by atoms with Crippen molar-refractivity contribution in [2.24, 2.45) is 0 Å². The third-order valence-corrected chi connectivity index (χ3v) is 3.54. The van der Waals surface area contributed by atoms with Gasteiger partial charge in [0, 0.05) is 6.92 Å². The number of hydrazine groups is 1. The molecule has 0 aliphatic rings. The number of rotatable bonds is 6. The zero-order chi connectivity index (χ0) is 19.2. The molecule has 138 valence electrons. The van der Waals surface area contributed by atoms with Gasteiger partial charge >= 0.3 is 6.18 Å². The fraction of sp³-hybridized carbons (Fsp3) is 0.222. The van der Waals surface area contributed by atoms with Gasteiger partial charge < -0.3 is 5.32 Å². The van der Waals surface area contributed by atoms with Crippen LogP contribution in [-0.4, -0.2) is 11.8 Å². The maximum Gasteiger partial charge on any atom is 0.418 e. The Morgan fingerprint density at radius 1 is 1.00 bits per heavy atom. The van der Waals surface area contributed by atoms with Gasteiger partial charge in [0.25, 0.3) is 0 Å². The van der Waals surface area contributed by atoms with Gasteiger partial charge in [-0.1, -0.05) is 42.5 Å². The molecule has 0 heterocycles. The van der Waals surface area contributed by atoms with Crippen LogP contribution in [0.3, 0.4) is 0 Å². The van der Waals surface area contributed by atoms with Crippen LogP contribution in [0.4, 0.5) is 18.9 Å². The van der Waals surface area contributed by atoms with E-state index in [0.717, 1.165) is 6.07 Å². The third kappa shape index (κ3) is 5.51. The molecule has 0 fully saturated rings. The topological polar surface area (TPSA) is 70.2 Å². The summed E-state index contributed by atoms with van der Waals surface area (Å²) < 4.78 is 38.8. The molecular weight excluding hydrogens is 347 g/mol. The summed E-state index contributed by atoms with van der Waals surface area (Å²) in [6.45, 7) is 1.33. The Balaban J connectivity index is 2.04. The first-order valence-corrected chi connectivity index (χ1v) is 7.80. The van der Waals surface area contributed by atoms with Crippen molar-refractivity contribution in [3.8, 4) is 0 Å². The maximum atomic E-state index is 12.9. The number of benzene rings is 2. The van der Waals surface area contributed by atoms with Crippen LogP contribution in [0.25, 0.3) is 0 Å². The van der Waals surface area contributed by atoms with E-state index >= 15 is 0 Å². The summed E-state index contributed by atoms with van der Waals surface area (Å²) in [7, 11) is 0. The number of hydrogen-bond donors (Lipinski definition) is 3. The smallest absolute Gasteiger partial charge is 0.349 e. The molecule has 8 heteroatoms. The Bertz CT molecular complexity index is 764. The first-order chi connectivity index (χ1) is 12.3. The molecule has 2 aromatic carbocycles. The van der Waals surface area contributed by atoms with E-state index in [1.807, 2.05) is 0 Å². The molecule has 2 amide bonds. The molecule has 0 radical (unpaired) electrons. The highest BCUT2D eigenvalue weighted by atomic mass is 19.4. The van der Waals surface area contributed by atoms with Gasteiger partial charge in [0.05, 0.1) is 23.7 Å². The van der Waals surface area contributed by atoms with Gasteiger partial charge in [-0.25, -0.2) is 0 Å². The molecule has 5 nitrogen and oxygen atoms in total. The highest BCUT2D eigenvalue weighted by Crippen LogP contribution is 2.34. The lowest BCUT2D eigenvalue weighted by atomic mass is 10.0. The Kier molecular flexibility index (Phi) is 6.21. The van der Waals surface area contributed by atoms with Crippen molar-refractivity contribution >= 4 is 17.5 Å². The summed E-state index contributed by atoms with van der Waals surface area (Å²) >= 11 is 0. The molecule has 1 atom stereocenters. The van der Waals surface area contributed by atoms with E-state index in [-0.39, 0.29) is 18.0 Å². The van der Waals surface area contributed by atoms with E-state index in [1.54, 1.807) is 30.3 Å². The molecule has 3 N–H and O–H groups in total. The second kappa shape index (κ2) is 8.37. The molecule has 0 spiro atoms. The average molecular weight is 365 g/mol. The van der Waals surface area contributed by atoms with E-state index in [9.17, 15) is 22.8 Å². The van der Waals surface area contributed by atoms with Crippen LogP contribution in [0.5, 0.6) is 0 Å². The lowest BCUT2D eigenvalue weighted by Gasteiger charge is -2.19. The van der Waals surface area contributed by atoms with Crippen molar-refractivity contribution in [3.05, 3.63) is 65.7 Å². The number of amides is 2. The summed E-state index contributed by atoms with van der Waals surface area (Å²) in [5.74, 6) is -0.883. The Hall–Kier alpha value is -3.03. The van der Waals surface area contributed by atoms with E-state index in [1.165, 1.54) is 25.1 Å². The Morgan fingerprint density at radius 3 is 2.23 bits per heavy atom. The molecule has 0 aliphatic heterocycles. The maximum absolute atomic E-state index is 12.9. The summed E-state index contributed by atoms with van der Waals surface area (Å²) in [5.41, 5.74) is 4.11. The second-order valence-corrected chi connectivity index (χ2v) is 5.58. The summed E-state index contributed by atoms with van der Waals surface area (Å²) in [5, 5.41) is 2.65. The van der Waals surface area contributed by atoms with Crippen LogP contribution in [0.2, 0.25) is 0 Å². The molecule has 2 aromatic rings. The molecule has 0 saturated heterocycles. The van der Waals surface area contributed by atoms with E-state index in [0.29, 0.717) is 5.56 Å². The van der Waals surface area contributed by atoms with Crippen molar-refractivity contribution in [1.29, 1.82) is 0 Å². The largest absolute Gasteiger partial charge is 0.418 e. The minimum Gasteiger partial charge on any atom is -0.349 e. The fourth-order valence-electron chi connectivity index (χ4n) is 2.40. The zero-order valence-corrected chi connectivity index (χ0v) is 13.9. The van der Waals surface area contributed by atoms with Crippen molar-refractivity contribution in [3.63, 3.8) is 0 Å². The van der Waals surface area contributed by atoms with Crippen LogP contribution in [-0.2, 0) is 15.8 Å². The molecule has 1 unspecified atom stereocenters. The van der Waals surface area contributed by atoms with Crippen LogP contribution < -0.4 is 16.2 Å². The predicted octanol–water partition coefficient (Wildman–Crippen LogP) is 3.42. The van der Waals surface area contributed by atoms with E-state index < -0.39 is 23.7 Å². The zero-order valence-electron chi connectivity index (χ0n) is 13.9. The van der Waals surface area contributed by atoms with Gasteiger partial charge in [-0.15, -0.1) is 0 Å². The normalized spacial score (nSPS) is 12.2. The number of nitrogens with one attached hydrogen (secondary N) is 3. The van der Waals surface area contributed by atoms with Gasteiger partial charge in [0.1, 0.15) is 0 Å². The van der Waals surface area contributed by atoms with Crippen LogP contribution in [0, 0.1) is 0 Å². The number of halogens is 3. The van der Waals surface area contributed by atoms with Crippen molar-refractivity contribution < 1.29 is 22.8 Å². The van der Waals surface area contributed by atoms with Crippen molar-refractivity contribution in [2.45, 2.75) is 25.6 Å². The summed E-state index contributed by atoms with van der Waals surface area (Å²) in [6.07, 6.45) is -4.68. The Labute approximate surface area is 148 Å². The van der Waals surface area contributed by atoms with Crippen LogP contribution >= 0.6 is 0 Å². The molecule has 0 aliphatic carbocycles. The fourth-order valence-corrected chi connectivity index (χ4v) is 2.40. The Morgan fingerprint density at radius 2 is 1.62 bits per heavy atom. The van der Waals surface area contributed by atoms with E-state index in [2.05, 4.69) is 16.2 Å². The SMILES string of the molecule is CC(=O)NC(CC(=O)NNc1ccccc1C(F)(F)F)c1ccccc1. The van der Waals surface area contributed by atoms with Gasteiger partial charge in [0.15, 0.2) is 0 Å². The van der Waals surface area contributed by atoms with Crippen LogP contribution in [0.15, 0.2) is 54.6 Å². The minimum atomic E-state index is -4.54. The lowest BCUT2D eigenvalue weighted by Crippen LogP contribution is -2.35. The standard InChI is InChI=1S/C18H18F3N3O2/c1-12(25)22-16(13-7-3-2-4-8-13)11-17(26)24-23-15-10-6-5-9-14(15)18(19,20)21/h2-10,16,23H,11H2,1H3,(H,22,25)(H,24,26). The number of alkyl halides is 3. The number of para-hydroxylation sites is 1. The average Bonchev–Trinajstić information content (AvgIpc) is 2.59. The monoisotopic (exact) mass is 365 g/mol. The van der Waals surface area contributed by atoms with Gasteiger partial charge in [-0.2, -0.15) is 13.2 Å². The first kappa shape index (κ1) is 19.3. The van der Waals surface area contributed by atoms with Gasteiger partial charge in [-0.05, 0) is 17.7 Å². The van der Waals surface area contributed by atoms with Gasteiger partial charge in [-0.3, -0.25) is 20.4 Å². The highest BCUT2D eigenvalue weighted by Gasteiger charge is 2.33. The summed E-state index contributed by atoms with van der Waals surface area (Å²) in [4.78, 5) is 23.5. The lowest BCUT2D eigenvalue weighted by molar-refractivity contribution is -0.137. The molecule has 0 saturated carbocycles. The van der Waals surface area contributed by atoms with E-state index in [4.69, 9.17) is 0 Å².